The molecule has 0 atom stereocenters. The van der Waals surface area contributed by atoms with Gasteiger partial charge >= 0.3 is 0 Å². The number of aromatic nitrogens is 1. The van der Waals surface area contributed by atoms with Gasteiger partial charge in [-0.15, -0.1) is 0 Å². The molecule has 1 aromatic heterocycles. The summed E-state index contributed by atoms with van der Waals surface area (Å²) in [7, 11) is 0. The van der Waals surface area contributed by atoms with Crippen molar-refractivity contribution in [1.82, 2.24) is 14.4 Å². The number of amides is 2. The van der Waals surface area contributed by atoms with Crippen LogP contribution in [0.5, 0.6) is 0 Å². The first-order chi connectivity index (χ1) is 17.9. The van der Waals surface area contributed by atoms with Gasteiger partial charge in [0.15, 0.2) is 0 Å². The summed E-state index contributed by atoms with van der Waals surface area (Å²) in [6, 6.07) is 22.1. The lowest BCUT2D eigenvalue weighted by Gasteiger charge is -2.28. The minimum Gasteiger partial charge on any atom is -0.345 e. The van der Waals surface area contributed by atoms with Gasteiger partial charge in [-0.3, -0.25) is 9.59 Å². The zero-order valence-corrected chi connectivity index (χ0v) is 23.7. The van der Waals surface area contributed by atoms with Gasteiger partial charge in [-0.2, -0.15) is 0 Å². The molecular formula is C31H38BrN3O2. The number of unbranched alkanes of at least 4 members (excludes halogenated alkanes) is 1. The molecule has 1 heterocycles. The van der Waals surface area contributed by atoms with E-state index in [0.29, 0.717) is 19.6 Å². The third kappa shape index (κ3) is 9.36. The topological polar surface area (TPSA) is 45.6 Å². The zero-order valence-electron chi connectivity index (χ0n) is 22.1. The molecule has 2 amide bonds. The van der Waals surface area contributed by atoms with Crippen LogP contribution in [0, 0.1) is 5.92 Å². The predicted octanol–water partition coefficient (Wildman–Crippen LogP) is 6.63. The van der Waals surface area contributed by atoms with Crippen molar-refractivity contribution in [3.63, 3.8) is 0 Å². The second kappa shape index (κ2) is 14.6. The van der Waals surface area contributed by atoms with Gasteiger partial charge in [-0.05, 0) is 53.8 Å². The SMILES string of the molecule is CCCCN(Cc1cccn1Cc1ccc(Br)cc1)C(=O)CN(CC(C)C)C(=O)/C=C/c1ccccc1. The lowest BCUT2D eigenvalue weighted by Crippen LogP contribution is -2.44. The molecule has 3 rings (SSSR count). The Balaban J connectivity index is 1.72. The summed E-state index contributed by atoms with van der Waals surface area (Å²) < 4.78 is 3.24. The van der Waals surface area contributed by atoms with Gasteiger partial charge in [0.05, 0.1) is 6.54 Å². The lowest BCUT2D eigenvalue weighted by molar-refractivity contribution is -0.139. The Morgan fingerprint density at radius 1 is 0.973 bits per heavy atom. The number of rotatable bonds is 13. The Hall–Kier alpha value is -3.12. The van der Waals surface area contributed by atoms with E-state index in [9.17, 15) is 9.59 Å². The van der Waals surface area contributed by atoms with Crippen molar-refractivity contribution in [2.24, 2.45) is 5.92 Å². The molecule has 0 unspecified atom stereocenters. The number of hydrogen-bond donors (Lipinski definition) is 0. The fourth-order valence-corrected chi connectivity index (χ4v) is 4.41. The van der Waals surface area contributed by atoms with Crippen molar-refractivity contribution in [1.29, 1.82) is 0 Å². The van der Waals surface area contributed by atoms with Crippen LogP contribution in [0.1, 0.15) is 50.4 Å². The van der Waals surface area contributed by atoms with E-state index in [-0.39, 0.29) is 24.3 Å². The lowest BCUT2D eigenvalue weighted by atomic mass is 10.2. The molecule has 196 valence electrons. The van der Waals surface area contributed by atoms with Gasteiger partial charge in [0.2, 0.25) is 11.8 Å². The van der Waals surface area contributed by atoms with Gasteiger partial charge in [0.25, 0.3) is 0 Å². The summed E-state index contributed by atoms with van der Waals surface area (Å²) in [6.45, 7) is 8.80. The summed E-state index contributed by atoms with van der Waals surface area (Å²) in [5.41, 5.74) is 3.24. The van der Waals surface area contributed by atoms with E-state index < -0.39 is 0 Å². The third-order valence-electron chi connectivity index (χ3n) is 6.12. The molecule has 0 aliphatic heterocycles. The maximum absolute atomic E-state index is 13.5. The summed E-state index contributed by atoms with van der Waals surface area (Å²) in [5, 5.41) is 0. The molecule has 6 heteroatoms. The molecule has 0 radical (unpaired) electrons. The molecule has 2 aromatic carbocycles. The van der Waals surface area contributed by atoms with Crippen LogP contribution in [0.2, 0.25) is 0 Å². The molecule has 37 heavy (non-hydrogen) atoms. The van der Waals surface area contributed by atoms with Crippen molar-refractivity contribution in [2.75, 3.05) is 19.6 Å². The van der Waals surface area contributed by atoms with Crippen LogP contribution >= 0.6 is 15.9 Å². The molecule has 0 saturated carbocycles. The molecule has 0 N–H and O–H groups in total. The molecule has 0 fully saturated rings. The van der Waals surface area contributed by atoms with Gasteiger partial charge in [-0.25, -0.2) is 0 Å². The van der Waals surface area contributed by atoms with E-state index in [0.717, 1.165) is 35.1 Å². The van der Waals surface area contributed by atoms with Crippen molar-refractivity contribution in [2.45, 2.75) is 46.7 Å². The van der Waals surface area contributed by atoms with E-state index in [1.807, 2.05) is 59.5 Å². The molecule has 0 spiro atoms. The Morgan fingerprint density at radius 2 is 1.70 bits per heavy atom. The average Bonchev–Trinajstić information content (AvgIpc) is 3.32. The number of nitrogens with zero attached hydrogens (tertiary/aromatic N) is 3. The Bertz CT molecular complexity index is 1150. The highest BCUT2D eigenvalue weighted by atomic mass is 79.9. The predicted molar refractivity (Wildman–Crippen MR) is 155 cm³/mol. The number of halogens is 1. The normalized spacial score (nSPS) is 11.3. The molecule has 3 aromatic rings. The second-order valence-electron chi connectivity index (χ2n) is 9.78. The zero-order chi connectivity index (χ0) is 26.6. The largest absolute Gasteiger partial charge is 0.345 e. The standard InChI is InChI=1S/C31H38BrN3O2/c1-4-5-19-34(23-29-12-9-20-33(29)22-27-13-16-28(32)17-14-27)31(37)24-35(21-25(2)3)30(36)18-15-26-10-7-6-8-11-26/h6-18,20,25H,4-5,19,21-24H2,1-3H3/b18-15+. The molecule has 0 saturated heterocycles. The molecule has 0 aliphatic carbocycles. The fraction of sp³-hybridized carbons (Fsp3) is 0.355. The number of benzene rings is 2. The van der Waals surface area contributed by atoms with Crippen LogP contribution in [-0.2, 0) is 22.7 Å². The van der Waals surface area contributed by atoms with Crippen molar-refractivity contribution in [3.8, 4) is 0 Å². The summed E-state index contributed by atoms with van der Waals surface area (Å²) >= 11 is 3.49. The van der Waals surface area contributed by atoms with Crippen LogP contribution in [-0.4, -0.2) is 45.8 Å². The number of hydrogen-bond acceptors (Lipinski definition) is 2. The van der Waals surface area contributed by atoms with E-state index >= 15 is 0 Å². The van der Waals surface area contributed by atoms with Crippen LogP contribution in [0.4, 0.5) is 0 Å². The molecular weight excluding hydrogens is 526 g/mol. The average molecular weight is 565 g/mol. The van der Waals surface area contributed by atoms with Crippen LogP contribution in [0.3, 0.4) is 0 Å². The van der Waals surface area contributed by atoms with Gasteiger partial charge in [0, 0.05) is 42.1 Å². The van der Waals surface area contributed by atoms with Gasteiger partial charge in [-0.1, -0.05) is 85.6 Å². The Morgan fingerprint density at radius 3 is 2.38 bits per heavy atom. The molecule has 0 aliphatic rings. The number of carbonyl (C=O) groups is 2. The highest BCUT2D eigenvalue weighted by molar-refractivity contribution is 9.10. The molecule has 0 bridgehead atoms. The fourth-order valence-electron chi connectivity index (χ4n) is 4.14. The highest BCUT2D eigenvalue weighted by Crippen LogP contribution is 2.15. The summed E-state index contributed by atoms with van der Waals surface area (Å²) in [6.07, 6.45) is 7.36. The minimum atomic E-state index is -0.139. The van der Waals surface area contributed by atoms with Crippen molar-refractivity contribution >= 4 is 33.8 Å². The van der Waals surface area contributed by atoms with Crippen molar-refractivity contribution in [3.05, 3.63) is 100 Å². The summed E-state index contributed by atoms with van der Waals surface area (Å²) in [4.78, 5) is 30.2. The third-order valence-corrected chi connectivity index (χ3v) is 6.65. The first kappa shape index (κ1) is 28.5. The highest BCUT2D eigenvalue weighted by Gasteiger charge is 2.22. The Labute approximate surface area is 229 Å². The quantitative estimate of drug-likeness (QED) is 0.219. The molecule has 5 nitrogen and oxygen atoms in total. The first-order valence-electron chi connectivity index (χ1n) is 13.0. The van der Waals surface area contributed by atoms with E-state index in [1.165, 1.54) is 5.56 Å². The van der Waals surface area contributed by atoms with Gasteiger partial charge < -0.3 is 14.4 Å². The summed E-state index contributed by atoms with van der Waals surface area (Å²) in [5.74, 6) is 0.0982. The van der Waals surface area contributed by atoms with Crippen LogP contribution in [0.25, 0.3) is 6.08 Å². The van der Waals surface area contributed by atoms with Crippen LogP contribution < -0.4 is 0 Å². The smallest absolute Gasteiger partial charge is 0.247 e. The maximum atomic E-state index is 13.5. The van der Waals surface area contributed by atoms with E-state index in [2.05, 4.69) is 65.7 Å². The monoisotopic (exact) mass is 563 g/mol. The van der Waals surface area contributed by atoms with Crippen molar-refractivity contribution < 1.29 is 9.59 Å². The maximum Gasteiger partial charge on any atom is 0.247 e. The second-order valence-corrected chi connectivity index (χ2v) is 10.7. The Kier molecular flexibility index (Phi) is 11.2. The van der Waals surface area contributed by atoms with E-state index in [4.69, 9.17) is 0 Å². The minimum absolute atomic E-state index is 0.0213. The van der Waals surface area contributed by atoms with Crippen LogP contribution in [0.15, 0.2) is 83.5 Å². The first-order valence-corrected chi connectivity index (χ1v) is 13.8. The van der Waals surface area contributed by atoms with Gasteiger partial charge in [0.1, 0.15) is 6.54 Å². The van der Waals surface area contributed by atoms with E-state index in [1.54, 1.807) is 11.0 Å². The number of carbonyl (C=O) groups excluding carboxylic acids is 2.